The highest BCUT2D eigenvalue weighted by molar-refractivity contribution is 7.88. The quantitative estimate of drug-likeness (QED) is 0.682. The summed E-state index contributed by atoms with van der Waals surface area (Å²) < 4.78 is 28.4. The molecule has 1 saturated heterocycles. The van der Waals surface area contributed by atoms with Crippen LogP contribution < -0.4 is 11.4 Å². The Morgan fingerprint density at radius 2 is 1.70 bits per heavy atom. The number of primary amides is 1. The number of aromatic nitrogens is 2. The first-order chi connectivity index (χ1) is 14.2. The van der Waals surface area contributed by atoms with Crippen molar-refractivity contribution in [1.82, 2.24) is 13.4 Å². The molecule has 1 aliphatic heterocycles. The maximum absolute atomic E-state index is 13.0. The zero-order valence-electron chi connectivity index (χ0n) is 16.9. The molecule has 0 atom stereocenters. The third kappa shape index (κ3) is 3.54. The van der Waals surface area contributed by atoms with Crippen molar-refractivity contribution in [3.63, 3.8) is 0 Å². The lowest BCUT2D eigenvalue weighted by atomic mass is 10.0. The summed E-state index contributed by atoms with van der Waals surface area (Å²) in [5.74, 6) is -0.489. The molecule has 0 radical (unpaired) electrons. The molecule has 0 aliphatic carbocycles. The number of nitrogens with zero attached hydrogens (tertiary/aromatic N) is 3. The number of hydrogen-bond donors (Lipinski definition) is 1. The fourth-order valence-corrected chi connectivity index (χ4v) is 5.05. The van der Waals surface area contributed by atoms with Crippen LogP contribution >= 0.6 is 0 Å². The van der Waals surface area contributed by atoms with Crippen LogP contribution in [0.3, 0.4) is 0 Å². The van der Waals surface area contributed by atoms with Gasteiger partial charge in [0.05, 0.1) is 17.3 Å². The average Bonchev–Trinajstić information content (AvgIpc) is 2.97. The molecule has 2 heterocycles. The number of carbonyl (C=O) groups is 1. The summed E-state index contributed by atoms with van der Waals surface area (Å²) in [7, 11) is -1.48. The Morgan fingerprint density at radius 1 is 1.03 bits per heavy atom. The Kier molecular flexibility index (Phi) is 5.03. The van der Waals surface area contributed by atoms with Crippen LogP contribution in [-0.2, 0) is 17.1 Å². The van der Waals surface area contributed by atoms with Gasteiger partial charge in [0.2, 0.25) is 15.9 Å². The molecule has 1 aromatic heterocycles. The highest BCUT2D eigenvalue weighted by atomic mass is 32.2. The van der Waals surface area contributed by atoms with Crippen LogP contribution in [-0.4, -0.2) is 47.1 Å². The van der Waals surface area contributed by atoms with Crippen molar-refractivity contribution in [3.8, 4) is 11.1 Å². The molecular weight excluding hydrogens is 404 g/mol. The normalized spacial score (nSPS) is 16.2. The minimum absolute atomic E-state index is 0.0526. The van der Waals surface area contributed by atoms with Gasteiger partial charge in [0, 0.05) is 31.7 Å². The Labute approximate surface area is 174 Å². The van der Waals surface area contributed by atoms with Gasteiger partial charge in [0.15, 0.2) is 0 Å². The number of piperidine rings is 1. The van der Waals surface area contributed by atoms with E-state index in [-0.39, 0.29) is 11.7 Å². The van der Waals surface area contributed by atoms with Gasteiger partial charge < -0.3 is 5.73 Å². The number of fused-ring (bicyclic) bond motifs is 1. The number of sulfonamides is 1. The lowest BCUT2D eigenvalue weighted by Gasteiger charge is -2.30. The molecule has 4 rings (SSSR count). The second-order valence-electron chi connectivity index (χ2n) is 7.75. The fourth-order valence-electron chi connectivity index (χ4n) is 4.18. The average molecular weight is 429 g/mol. The van der Waals surface area contributed by atoms with E-state index in [2.05, 4.69) is 0 Å². The molecule has 0 unspecified atom stereocenters. The van der Waals surface area contributed by atoms with Gasteiger partial charge in [-0.15, -0.1) is 0 Å². The molecule has 0 spiro atoms. The first-order valence-corrected chi connectivity index (χ1v) is 11.6. The van der Waals surface area contributed by atoms with Crippen molar-refractivity contribution in [2.75, 3.05) is 19.3 Å². The summed E-state index contributed by atoms with van der Waals surface area (Å²) in [4.78, 5) is 24.5. The Bertz CT molecular complexity index is 1300. The van der Waals surface area contributed by atoms with Gasteiger partial charge in [-0.1, -0.05) is 18.2 Å². The van der Waals surface area contributed by atoms with E-state index in [1.165, 1.54) is 10.6 Å². The number of amides is 1. The molecule has 30 heavy (non-hydrogen) atoms. The second-order valence-corrected chi connectivity index (χ2v) is 9.74. The molecule has 1 amide bonds. The van der Waals surface area contributed by atoms with E-state index in [0.717, 1.165) is 22.2 Å². The smallest absolute Gasteiger partial charge is 0.329 e. The SMILES string of the molecule is Cn1c(=O)n(C2CCN(S(C)(=O)=O)CC2)c2ccc(-c3cccc(C(N)=O)c3)cc21. The van der Waals surface area contributed by atoms with Crippen LogP contribution in [0.1, 0.15) is 29.2 Å². The van der Waals surface area contributed by atoms with Crippen LogP contribution in [0.15, 0.2) is 47.3 Å². The van der Waals surface area contributed by atoms with Gasteiger partial charge in [0.1, 0.15) is 0 Å². The molecule has 158 valence electrons. The van der Waals surface area contributed by atoms with Crippen molar-refractivity contribution < 1.29 is 13.2 Å². The van der Waals surface area contributed by atoms with Crippen molar-refractivity contribution in [2.24, 2.45) is 12.8 Å². The lowest BCUT2D eigenvalue weighted by molar-refractivity contribution is 0.100. The highest BCUT2D eigenvalue weighted by Crippen LogP contribution is 2.29. The summed E-state index contributed by atoms with van der Waals surface area (Å²) in [5, 5.41) is 0. The Morgan fingerprint density at radius 3 is 2.33 bits per heavy atom. The number of rotatable bonds is 4. The zero-order valence-corrected chi connectivity index (χ0v) is 17.7. The predicted octanol–water partition coefficient (Wildman–Crippen LogP) is 1.70. The zero-order chi connectivity index (χ0) is 21.6. The standard InChI is InChI=1S/C21H24N4O4S/c1-23-19-13-15(14-4-3-5-16(12-14)20(22)26)6-7-18(19)25(21(23)27)17-8-10-24(11-9-17)30(2,28)29/h3-7,12-13,17H,8-11H2,1-2H3,(H2,22,26). The third-order valence-electron chi connectivity index (χ3n) is 5.83. The first-order valence-electron chi connectivity index (χ1n) is 9.73. The van der Waals surface area contributed by atoms with Crippen LogP contribution in [0.25, 0.3) is 22.2 Å². The lowest BCUT2D eigenvalue weighted by Crippen LogP contribution is -2.40. The maximum Gasteiger partial charge on any atom is 0.329 e. The van der Waals surface area contributed by atoms with Gasteiger partial charge in [-0.3, -0.25) is 13.9 Å². The van der Waals surface area contributed by atoms with E-state index in [0.29, 0.717) is 31.5 Å². The molecule has 9 heteroatoms. The number of nitrogens with two attached hydrogens (primary N) is 1. The van der Waals surface area contributed by atoms with Crippen molar-refractivity contribution in [3.05, 3.63) is 58.5 Å². The topological polar surface area (TPSA) is 107 Å². The molecule has 0 saturated carbocycles. The molecule has 2 aromatic carbocycles. The minimum atomic E-state index is -3.22. The van der Waals surface area contributed by atoms with E-state index >= 15 is 0 Å². The van der Waals surface area contributed by atoms with Crippen molar-refractivity contribution >= 4 is 27.0 Å². The fraction of sp³-hybridized carbons (Fsp3) is 0.333. The molecule has 1 aliphatic rings. The molecule has 2 N–H and O–H groups in total. The minimum Gasteiger partial charge on any atom is -0.366 e. The van der Waals surface area contributed by atoms with Gasteiger partial charge in [-0.2, -0.15) is 0 Å². The van der Waals surface area contributed by atoms with Gasteiger partial charge in [-0.25, -0.2) is 17.5 Å². The van der Waals surface area contributed by atoms with Crippen molar-refractivity contribution in [2.45, 2.75) is 18.9 Å². The Hall–Kier alpha value is -2.91. The molecule has 3 aromatic rings. The number of benzene rings is 2. The van der Waals surface area contributed by atoms with Gasteiger partial charge in [-0.05, 0) is 48.2 Å². The second kappa shape index (κ2) is 7.41. The number of aryl methyl sites for hydroxylation is 1. The number of carbonyl (C=O) groups excluding carboxylic acids is 1. The van der Waals surface area contributed by atoms with Crippen LogP contribution in [0.2, 0.25) is 0 Å². The monoisotopic (exact) mass is 428 g/mol. The maximum atomic E-state index is 13.0. The van der Waals surface area contributed by atoms with E-state index in [1.54, 1.807) is 34.4 Å². The third-order valence-corrected chi connectivity index (χ3v) is 7.13. The van der Waals surface area contributed by atoms with E-state index in [9.17, 15) is 18.0 Å². The van der Waals surface area contributed by atoms with Gasteiger partial charge >= 0.3 is 5.69 Å². The highest BCUT2D eigenvalue weighted by Gasteiger charge is 2.28. The van der Waals surface area contributed by atoms with Crippen LogP contribution in [0, 0.1) is 0 Å². The van der Waals surface area contributed by atoms with E-state index in [1.807, 2.05) is 24.3 Å². The number of imidazole rings is 1. The molecule has 1 fully saturated rings. The summed E-state index contributed by atoms with van der Waals surface area (Å²) >= 11 is 0. The number of hydrogen-bond acceptors (Lipinski definition) is 4. The van der Waals surface area contributed by atoms with Crippen LogP contribution in [0.5, 0.6) is 0 Å². The summed E-state index contributed by atoms with van der Waals surface area (Å²) in [6.07, 6.45) is 2.40. The summed E-state index contributed by atoms with van der Waals surface area (Å²) in [5.41, 5.74) is 9.02. The van der Waals surface area contributed by atoms with Crippen LogP contribution in [0.4, 0.5) is 0 Å². The summed E-state index contributed by atoms with van der Waals surface area (Å²) in [6.45, 7) is 0.814. The Balaban J connectivity index is 1.73. The largest absolute Gasteiger partial charge is 0.366 e. The van der Waals surface area contributed by atoms with Crippen molar-refractivity contribution in [1.29, 1.82) is 0 Å². The first kappa shape index (κ1) is 20.4. The molecular formula is C21H24N4O4S. The predicted molar refractivity (Wildman–Crippen MR) is 116 cm³/mol. The van der Waals surface area contributed by atoms with E-state index in [4.69, 9.17) is 5.73 Å². The molecule has 8 nitrogen and oxygen atoms in total. The molecule has 0 bridgehead atoms. The van der Waals surface area contributed by atoms with Gasteiger partial charge in [0.25, 0.3) is 0 Å². The van der Waals surface area contributed by atoms with E-state index < -0.39 is 15.9 Å². The summed E-state index contributed by atoms with van der Waals surface area (Å²) in [6, 6.07) is 12.8.